The molecule has 0 saturated heterocycles. The van der Waals surface area contributed by atoms with Crippen LogP contribution < -0.4 is 10.1 Å². The molecule has 1 N–H and O–H groups in total. The van der Waals surface area contributed by atoms with Gasteiger partial charge in [-0.1, -0.05) is 48.5 Å². The Kier molecular flexibility index (Phi) is 5.02. The summed E-state index contributed by atoms with van der Waals surface area (Å²) < 4.78 is 5.53. The standard InChI is InChI=1S/C24H20N2O2/c1-17-5-4-7-21(15-17)28-16-24(27)25-20-12-9-19(10-13-20)23-14-11-18-6-2-3-8-22(18)26-23/h2-15H,16H2,1H3,(H,25,27). The number of carbonyl (C=O) groups excluding carboxylic acids is 1. The normalized spacial score (nSPS) is 10.6. The first-order valence-electron chi connectivity index (χ1n) is 9.13. The highest BCUT2D eigenvalue weighted by Gasteiger charge is 2.06. The molecular formula is C24H20N2O2. The van der Waals surface area contributed by atoms with Gasteiger partial charge in [-0.2, -0.15) is 0 Å². The van der Waals surface area contributed by atoms with Crippen LogP contribution in [0.25, 0.3) is 22.2 Å². The molecule has 0 radical (unpaired) electrons. The van der Waals surface area contributed by atoms with Gasteiger partial charge in [0.25, 0.3) is 5.91 Å². The number of carbonyl (C=O) groups is 1. The maximum Gasteiger partial charge on any atom is 0.262 e. The van der Waals surface area contributed by atoms with Crippen molar-refractivity contribution in [1.82, 2.24) is 4.98 Å². The third-order valence-electron chi connectivity index (χ3n) is 4.42. The Labute approximate surface area is 163 Å². The topological polar surface area (TPSA) is 51.2 Å². The lowest BCUT2D eigenvalue weighted by molar-refractivity contribution is -0.118. The number of hydrogen-bond acceptors (Lipinski definition) is 3. The number of anilines is 1. The average Bonchev–Trinajstić information content (AvgIpc) is 2.72. The molecule has 28 heavy (non-hydrogen) atoms. The molecule has 0 fully saturated rings. The number of nitrogens with zero attached hydrogens (tertiary/aromatic N) is 1. The van der Waals surface area contributed by atoms with Crippen LogP contribution in [0.3, 0.4) is 0 Å². The van der Waals surface area contributed by atoms with Gasteiger partial charge in [0.05, 0.1) is 11.2 Å². The zero-order chi connectivity index (χ0) is 19.3. The van der Waals surface area contributed by atoms with Crippen LogP contribution in [0.15, 0.2) is 84.9 Å². The van der Waals surface area contributed by atoms with Gasteiger partial charge in [-0.25, -0.2) is 4.98 Å². The molecule has 0 spiro atoms. The van der Waals surface area contributed by atoms with E-state index in [-0.39, 0.29) is 12.5 Å². The highest BCUT2D eigenvalue weighted by molar-refractivity contribution is 5.92. The van der Waals surface area contributed by atoms with Crippen molar-refractivity contribution in [2.75, 3.05) is 11.9 Å². The smallest absolute Gasteiger partial charge is 0.262 e. The summed E-state index contributed by atoms with van der Waals surface area (Å²) in [6.45, 7) is 1.95. The van der Waals surface area contributed by atoms with Crippen molar-refractivity contribution in [1.29, 1.82) is 0 Å². The quantitative estimate of drug-likeness (QED) is 0.525. The van der Waals surface area contributed by atoms with E-state index in [1.54, 1.807) is 0 Å². The largest absolute Gasteiger partial charge is 0.484 e. The van der Waals surface area contributed by atoms with Crippen molar-refractivity contribution in [2.45, 2.75) is 6.92 Å². The van der Waals surface area contributed by atoms with Crippen molar-refractivity contribution in [3.8, 4) is 17.0 Å². The second-order valence-electron chi connectivity index (χ2n) is 6.62. The molecule has 4 aromatic rings. The van der Waals surface area contributed by atoms with Crippen molar-refractivity contribution in [3.05, 3.63) is 90.5 Å². The lowest BCUT2D eigenvalue weighted by Crippen LogP contribution is -2.20. The van der Waals surface area contributed by atoms with Crippen LogP contribution in [0, 0.1) is 6.92 Å². The first kappa shape index (κ1) is 17.7. The minimum Gasteiger partial charge on any atom is -0.484 e. The summed E-state index contributed by atoms with van der Waals surface area (Å²) in [5.41, 5.74) is 4.68. The zero-order valence-electron chi connectivity index (χ0n) is 15.6. The molecule has 1 heterocycles. The van der Waals surface area contributed by atoms with Gasteiger partial charge in [0.2, 0.25) is 0 Å². The molecule has 4 heteroatoms. The van der Waals surface area contributed by atoms with E-state index < -0.39 is 0 Å². The molecule has 0 aliphatic heterocycles. The van der Waals surface area contributed by atoms with Crippen molar-refractivity contribution < 1.29 is 9.53 Å². The van der Waals surface area contributed by atoms with E-state index in [0.717, 1.165) is 33.4 Å². The molecule has 1 aromatic heterocycles. The summed E-state index contributed by atoms with van der Waals surface area (Å²) in [5, 5.41) is 3.97. The van der Waals surface area contributed by atoms with E-state index in [2.05, 4.69) is 11.4 Å². The summed E-state index contributed by atoms with van der Waals surface area (Å²) in [4.78, 5) is 16.8. The van der Waals surface area contributed by atoms with Crippen LogP contribution in [0.5, 0.6) is 5.75 Å². The number of hydrogen-bond donors (Lipinski definition) is 1. The number of aryl methyl sites for hydroxylation is 1. The molecule has 4 rings (SSSR count). The van der Waals surface area contributed by atoms with Gasteiger partial charge in [-0.15, -0.1) is 0 Å². The minimum atomic E-state index is -0.196. The number of aromatic nitrogens is 1. The molecule has 0 saturated carbocycles. The monoisotopic (exact) mass is 368 g/mol. The SMILES string of the molecule is Cc1cccc(OCC(=O)Nc2ccc(-c3ccc4ccccc4n3)cc2)c1. The highest BCUT2D eigenvalue weighted by atomic mass is 16.5. The number of fused-ring (bicyclic) bond motifs is 1. The molecule has 138 valence electrons. The Balaban J connectivity index is 1.40. The number of ether oxygens (including phenoxy) is 1. The Morgan fingerprint density at radius 1 is 0.929 bits per heavy atom. The van der Waals surface area contributed by atoms with E-state index in [1.165, 1.54) is 0 Å². The number of para-hydroxylation sites is 1. The Bertz CT molecular complexity index is 1120. The van der Waals surface area contributed by atoms with Crippen LogP contribution in [0.1, 0.15) is 5.56 Å². The van der Waals surface area contributed by atoms with Crippen molar-refractivity contribution in [2.24, 2.45) is 0 Å². The minimum absolute atomic E-state index is 0.0303. The highest BCUT2D eigenvalue weighted by Crippen LogP contribution is 2.22. The molecule has 0 aliphatic carbocycles. The van der Waals surface area contributed by atoms with Gasteiger partial charge < -0.3 is 10.1 Å². The average molecular weight is 368 g/mol. The predicted octanol–water partition coefficient (Wildman–Crippen LogP) is 5.23. The Morgan fingerprint density at radius 2 is 1.75 bits per heavy atom. The van der Waals surface area contributed by atoms with E-state index in [1.807, 2.05) is 85.8 Å². The van der Waals surface area contributed by atoms with E-state index in [4.69, 9.17) is 9.72 Å². The fourth-order valence-corrected chi connectivity index (χ4v) is 3.00. The fraction of sp³-hybridized carbons (Fsp3) is 0.0833. The number of amides is 1. The van der Waals surface area contributed by atoms with Crippen molar-refractivity contribution in [3.63, 3.8) is 0 Å². The summed E-state index contributed by atoms with van der Waals surface area (Å²) >= 11 is 0. The third-order valence-corrected chi connectivity index (χ3v) is 4.42. The molecule has 0 atom stereocenters. The van der Waals surface area contributed by atoms with Crippen molar-refractivity contribution >= 4 is 22.5 Å². The third kappa shape index (κ3) is 4.18. The number of pyridine rings is 1. The Hall–Kier alpha value is -3.66. The molecule has 1 amide bonds. The lowest BCUT2D eigenvalue weighted by atomic mass is 10.1. The van der Waals surface area contributed by atoms with Gasteiger partial charge in [-0.3, -0.25) is 4.79 Å². The maximum atomic E-state index is 12.1. The number of rotatable bonds is 5. The summed E-state index contributed by atoms with van der Waals surface area (Å²) in [6, 6.07) is 27.4. The van der Waals surface area contributed by atoms with Crippen LogP contribution in [-0.4, -0.2) is 17.5 Å². The molecule has 0 unspecified atom stereocenters. The number of nitrogens with one attached hydrogen (secondary N) is 1. The summed E-state index contributed by atoms with van der Waals surface area (Å²) in [7, 11) is 0. The van der Waals surface area contributed by atoms with Gasteiger partial charge in [-0.05, 0) is 48.9 Å². The molecule has 0 bridgehead atoms. The fourth-order valence-electron chi connectivity index (χ4n) is 3.00. The molecule has 3 aromatic carbocycles. The van der Waals surface area contributed by atoms with Gasteiger partial charge in [0, 0.05) is 16.6 Å². The summed E-state index contributed by atoms with van der Waals surface area (Å²) in [6.07, 6.45) is 0. The van der Waals surface area contributed by atoms with E-state index in [9.17, 15) is 4.79 Å². The molecular weight excluding hydrogens is 348 g/mol. The van der Waals surface area contributed by atoms with Gasteiger partial charge in [0.15, 0.2) is 6.61 Å². The first-order valence-corrected chi connectivity index (χ1v) is 9.13. The van der Waals surface area contributed by atoms with Crippen LogP contribution >= 0.6 is 0 Å². The lowest BCUT2D eigenvalue weighted by Gasteiger charge is -2.09. The molecule has 4 nitrogen and oxygen atoms in total. The maximum absolute atomic E-state index is 12.1. The van der Waals surface area contributed by atoms with Gasteiger partial charge in [0.1, 0.15) is 5.75 Å². The van der Waals surface area contributed by atoms with Crippen LogP contribution in [0.2, 0.25) is 0 Å². The van der Waals surface area contributed by atoms with Crippen LogP contribution in [-0.2, 0) is 4.79 Å². The predicted molar refractivity (Wildman–Crippen MR) is 112 cm³/mol. The number of benzene rings is 3. The zero-order valence-corrected chi connectivity index (χ0v) is 15.6. The second-order valence-corrected chi connectivity index (χ2v) is 6.62. The van der Waals surface area contributed by atoms with E-state index in [0.29, 0.717) is 5.75 Å². The Morgan fingerprint density at radius 3 is 2.57 bits per heavy atom. The second kappa shape index (κ2) is 7.92. The van der Waals surface area contributed by atoms with E-state index >= 15 is 0 Å². The summed E-state index contributed by atoms with van der Waals surface area (Å²) in [5.74, 6) is 0.492. The van der Waals surface area contributed by atoms with Gasteiger partial charge >= 0.3 is 0 Å². The first-order chi connectivity index (χ1) is 13.7. The molecule has 0 aliphatic rings. The van der Waals surface area contributed by atoms with Crippen LogP contribution in [0.4, 0.5) is 5.69 Å².